The van der Waals surface area contributed by atoms with E-state index in [4.69, 9.17) is 5.11 Å². The standard InChI is InChI=1S/C9H12S.CH4O/c1-9(2,10)8-6-4-3-5-7-8;1-2/h3-7,10H,1-2H3;2H,1H3. The molecule has 0 spiro atoms. The molecule has 0 saturated heterocycles. The Morgan fingerprint density at radius 3 is 1.75 bits per heavy atom. The van der Waals surface area contributed by atoms with Gasteiger partial charge in [-0.05, 0) is 19.4 Å². The summed E-state index contributed by atoms with van der Waals surface area (Å²) in [6.45, 7) is 4.18. The zero-order valence-corrected chi connectivity index (χ0v) is 8.68. The van der Waals surface area contributed by atoms with Gasteiger partial charge in [-0.3, -0.25) is 0 Å². The fourth-order valence-corrected chi connectivity index (χ4v) is 0.995. The fraction of sp³-hybridized carbons (Fsp3) is 0.400. The highest BCUT2D eigenvalue weighted by molar-refractivity contribution is 7.81. The lowest BCUT2D eigenvalue weighted by Gasteiger charge is -2.16. The molecule has 68 valence electrons. The van der Waals surface area contributed by atoms with Gasteiger partial charge in [0.05, 0.1) is 0 Å². The van der Waals surface area contributed by atoms with Crippen molar-refractivity contribution >= 4 is 12.6 Å². The first-order chi connectivity index (χ1) is 5.61. The fourth-order valence-electron chi connectivity index (χ4n) is 0.846. The van der Waals surface area contributed by atoms with E-state index in [1.807, 2.05) is 18.2 Å². The molecule has 12 heavy (non-hydrogen) atoms. The molecule has 0 aromatic heterocycles. The van der Waals surface area contributed by atoms with Gasteiger partial charge in [0.1, 0.15) is 0 Å². The van der Waals surface area contributed by atoms with Gasteiger partial charge in [0.15, 0.2) is 0 Å². The first kappa shape index (κ1) is 11.5. The van der Waals surface area contributed by atoms with E-state index < -0.39 is 0 Å². The van der Waals surface area contributed by atoms with Crippen molar-refractivity contribution in [3.8, 4) is 0 Å². The highest BCUT2D eigenvalue weighted by atomic mass is 32.1. The third-order valence-electron chi connectivity index (χ3n) is 1.48. The minimum atomic E-state index is -0.0126. The van der Waals surface area contributed by atoms with Crippen LogP contribution < -0.4 is 0 Å². The molecule has 1 aromatic carbocycles. The second-order valence-corrected chi connectivity index (χ2v) is 4.04. The molecule has 0 aliphatic heterocycles. The normalized spacial score (nSPS) is 10.1. The van der Waals surface area contributed by atoms with Crippen LogP contribution in [0.25, 0.3) is 0 Å². The number of benzene rings is 1. The highest BCUT2D eigenvalue weighted by Crippen LogP contribution is 2.25. The Kier molecular flexibility index (Phi) is 5.02. The molecule has 1 rings (SSSR count). The maximum atomic E-state index is 7.00. The number of hydrogen-bond acceptors (Lipinski definition) is 2. The molecule has 0 atom stereocenters. The topological polar surface area (TPSA) is 20.2 Å². The molecule has 0 radical (unpaired) electrons. The quantitative estimate of drug-likeness (QED) is 0.642. The molecule has 2 heteroatoms. The Hall–Kier alpha value is -0.470. The lowest BCUT2D eigenvalue weighted by atomic mass is 10.0. The molecule has 0 unspecified atom stereocenters. The molecule has 0 amide bonds. The minimum absolute atomic E-state index is 0.0126. The number of rotatable bonds is 1. The molecule has 0 saturated carbocycles. The van der Waals surface area contributed by atoms with Crippen molar-refractivity contribution in [1.29, 1.82) is 0 Å². The van der Waals surface area contributed by atoms with Gasteiger partial charge in [-0.1, -0.05) is 30.3 Å². The summed E-state index contributed by atoms with van der Waals surface area (Å²) in [5, 5.41) is 7.00. The minimum Gasteiger partial charge on any atom is -0.400 e. The summed E-state index contributed by atoms with van der Waals surface area (Å²) in [5.41, 5.74) is 1.26. The second-order valence-electron chi connectivity index (χ2n) is 2.93. The van der Waals surface area contributed by atoms with Crippen molar-refractivity contribution in [2.75, 3.05) is 7.11 Å². The van der Waals surface area contributed by atoms with Gasteiger partial charge < -0.3 is 5.11 Å². The lowest BCUT2D eigenvalue weighted by molar-refractivity contribution is 0.399. The van der Waals surface area contributed by atoms with Gasteiger partial charge >= 0.3 is 0 Å². The highest BCUT2D eigenvalue weighted by Gasteiger charge is 2.12. The van der Waals surface area contributed by atoms with E-state index in [0.717, 1.165) is 7.11 Å². The summed E-state index contributed by atoms with van der Waals surface area (Å²) < 4.78 is -0.0126. The van der Waals surface area contributed by atoms with E-state index in [9.17, 15) is 0 Å². The van der Waals surface area contributed by atoms with Crippen LogP contribution in [-0.4, -0.2) is 12.2 Å². The van der Waals surface area contributed by atoms with Crippen molar-refractivity contribution in [2.24, 2.45) is 0 Å². The Labute approximate surface area is 79.8 Å². The summed E-state index contributed by atoms with van der Waals surface area (Å²) in [6, 6.07) is 10.3. The molecular weight excluding hydrogens is 168 g/mol. The van der Waals surface area contributed by atoms with Gasteiger partial charge in [-0.2, -0.15) is 12.6 Å². The number of hydrogen-bond donors (Lipinski definition) is 2. The van der Waals surface area contributed by atoms with Crippen molar-refractivity contribution in [1.82, 2.24) is 0 Å². The first-order valence-corrected chi connectivity index (χ1v) is 4.28. The van der Waals surface area contributed by atoms with Crippen LogP contribution >= 0.6 is 12.6 Å². The summed E-state index contributed by atoms with van der Waals surface area (Å²) in [4.78, 5) is 0. The Morgan fingerprint density at radius 1 is 1.08 bits per heavy atom. The Bertz CT molecular complexity index is 201. The van der Waals surface area contributed by atoms with E-state index in [1.165, 1.54) is 5.56 Å². The zero-order chi connectivity index (χ0) is 9.61. The Balaban J connectivity index is 0.000000561. The van der Waals surface area contributed by atoms with Crippen LogP contribution in [-0.2, 0) is 4.75 Å². The van der Waals surface area contributed by atoms with Crippen molar-refractivity contribution < 1.29 is 5.11 Å². The van der Waals surface area contributed by atoms with Crippen molar-refractivity contribution in [3.05, 3.63) is 35.9 Å². The molecule has 0 fully saturated rings. The first-order valence-electron chi connectivity index (χ1n) is 3.83. The third-order valence-corrected chi connectivity index (χ3v) is 1.74. The molecule has 0 heterocycles. The van der Waals surface area contributed by atoms with E-state index >= 15 is 0 Å². The Morgan fingerprint density at radius 2 is 1.50 bits per heavy atom. The van der Waals surface area contributed by atoms with E-state index in [0.29, 0.717) is 0 Å². The van der Waals surface area contributed by atoms with Crippen LogP contribution in [0.4, 0.5) is 0 Å². The van der Waals surface area contributed by atoms with Crippen LogP contribution in [0.2, 0.25) is 0 Å². The summed E-state index contributed by atoms with van der Waals surface area (Å²) in [6.07, 6.45) is 0. The van der Waals surface area contributed by atoms with Gasteiger partial charge in [0.2, 0.25) is 0 Å². The predicted octanol–water partition coefficient (Wildman–Crippen LogP) is 2.46. The van der Waals surface area contributed by atoms with Crippen LogP contribution in [0, 0.1) is 0 Å². The molecule has 0 aliphatic rings. The van der Waals surface area contributed by atoms with Crippen LogP contribution in [0.15, 0.2) is 30.3 Å². The predicted molar refractivity (Wildman–Crippen MR) is 56.6 cm³/mol. The van der Waals surface area contributed by atoms with Gasteiger partial charge in [-0.15, -0.1) is 0 Å². The third kappa shape index (κ3) is 3.79. The smallest absolute Gasteiger partial charge is 0.0322 e. The van der Waals surface area contributed by atoms with Gasteiger partial charge in [0, 0.05) is 11.9 Å². The van der Waals surface area contributed by atoms with E-state index in [1.54, 1.807) is 0 Å². The average molecular weight is 184 g/mol. The van der Waals surface area contributed by atoms with Crippen molar-refractivity contribution in [3.63, 3.8) is 0 Å². The molecule has 0 bridgehead atoms. The van der Waals surface area contributed by atoms with Gasteiger partial charge in [-0.25, -0.2) is 0 Å². The number of thiol groups is 1. The summed E-state index contributed by atoms with van der Waals surface area (Å²) >= 11 is 4.44. The average Bonchev–Trinajstić information content (AvgIpc) is 2.08. The van der Waals surface area contributed by atoms with Crippen LogP contribution in [0.3, 0.4) is 0 Å². The largest absolute Gasteiger partial charge is 0.400 e. The molecule has 1 N–H and O–H groups in total. The SMILES string of the molecule is CC(C)(S)c1ccccc1.CO. The van der Waals surface area contributed by atoms with E-state index in [-0.39, 0.29) is 4.75 Å². The summed E-state index contributed by atoms with van der Waals surface area (Å²) in [5.74, 6) is 0. The van der Waals surface area contributed by atoms with Crippen LogP contribution in [0.5, 0.6) is 0 Å². The molecule has 1 aromatic rings. The van der Waals surface area contributed by atoms with E-state index in [2.05, 4.69) is 38.6 Å². The second kappa shape index (κ2) is 5.22. The van der Waals surface area contributed by atoms with Gasteiger partial charge in [0.25, 0.3) is 0 Å². The maximum absolute atomic E-state index is 7.00. The maximum Gasteiger partial charge on any atom is 0.0322 e. The molecular formula is C10H16OS. The summed E-state index contributed by atoms with van der Waals surface area (Å²) in [7, 11) is 1.00. The lowest BCUT2D eigenvalue weighted by Crippen LogP contribution is -2.06. The molecule has 0 aliphatic carbocycles. The number of aliphatic hydroxyl groups is 1. The van der Waals surface area contributed by atoms with Crippen LogP contribution in [0.1, 0.15) is 19.4 Å². The van der Waals surface area contributed by atoms with Crippen molar-refractivity contribution in [2.45, 2.75) is 18.6 Å². The zero-order valence-electron chi connectivity index (χ0n) is 7.78. The molecule has 1 nitrogen and oxygen atoms in total. The monoisotopic (exact) mass is 184 g/mol. The number of aliphatic hydroxyl groups excluding tert-OH is 1.